The van der Waals surface area contributed by atoms with Gasteiger partial charge in [0.2, 0.25) is 0 Å². The Morgan fingerprint density at radius 3 is 2.56 bits per heavy atom. The Morgan fingerprint density at radius 2 is 1.85 bits per heavy atom. The van der Waals surface area contributed by atoms with Crippen molar-refractivity contribution in [1.29, 1.82) is 0 Å². The Bertz CT molecular complexity index is 942. The van der Waals surface area contributed by atoms with Gasteiger partial charge in [0.25, 0.3) is 5.91 Å². The third-order valence-electron chi connectivity index (χ3n) is 4.08. The summed E-state index contributed by atoms with van der Waals surface area (Å²) in [5.41, 5.74) is 3.83. The zero-order valence-electron chi connectivity index (χ0n) is 15.1. The van der Waals surface area contributed by atoms with Gasteiger partial charge in [-0.1, -0.05) is 29.8 Å². The molecule has 1 aromatic heterocycles. The van der Waals surface area contributed by atoms with Gasteiger partial charge in [0.15, 0.2) is 0 Å². The van der Waals surface area contributed by atoms with Crippen LogP contribution in [-0.4, -0.2) is 18.0 Å². The van der Waals surface area contributed by atoms with E-state index < -0.39 is 0 Å². The molecule has 1 heterocycles. The summed E-state index contributed by atoms with van der Waals surface area (Å²) in [6.07, 6.45) is 1.60. The third kappa shape index (κ3) is 4.99. The largest absolute Gasteiger partial charge is 0.497 e. The number of nitrogens with zero attached hydrogens (tertiary/aromatic N) is 1. The number of carbonyl (C=O) groups is 1. The second kappa shape index (κ2) is 8.56. The first-order valence-electron chi connectivity index (χ1n) is 8.45. The molecule has 2 aromatic carbocycles. The number of aromatic nitrogens is 1. The molecule has 0 fully saturated rings. The van der Waals surface area contributed by atoms with Crippen LogP contribution in [0.4, 0.5) is 11.4 Å². The number of aryl methyl sites for hydroxylation is 1. The first kappa shape index (κ1) is 18.7. The molecule has 0 unspecified atom stereocenters. The molecule has 0 spiro atoms. The van der Waals surface area contributed by atoms with E-state index in [9.17, 15) is 4.79 Å². The van der Waals surface area contributed by atoms with Crippen LogP contribution in [0.3, 0.4) is 0 Å². The van der Waals surface area contributed by atoms with E-state index in [1.54, 1.807) is 25.4 Å². The van der Waals surface area contributed by atoms with Crippen molar-refractivity contribution in [2.75, 3.05) is 17.7 Å². The lowest BCUT2D eigenvalue weighted by Gasteiger charge is -2.10. The van der Waals surface area contributed by atoms with E-state index in [0.717, 1.165) is 22.6 Å². The van der Waals surface area contributed by atoms with Crippen molar-refractivity contribution in [2.45, 2.75) is 13.5 Å². The maximum Gasteiger partial charge on any atom is 0.274 e. The fourth-order valence-corrected chi connectivity index (χ4v) is 2.66. The average Bonchev–Trinajstić information content (AvgIpc) is 2.70. The SMILES string of the molecule is COc1ccc(CNc2ccnc(C(=O)Nc3ccc(C)c(Cl)c3)c2)cc1. The minimum Gasteiger partial charge on any atom is -0.497 e. The van der Waals surface area contributed by atoms with Crippen molar-refractivity contribution in [3.8, 4) is 5.75 Å². The van der Waals surface area contributed by atoms with E-state index in [0.29, 0.717) is 22.9 Å². The van der Waals surface area contributed by atoms with Gasteiger partial charge < -0.3 is 15.4 Å². The zero-order chi connectivity index (χ0) is 19.2. The molecule has 0 aliphatic heterocycles. The molecule has 0 bridgehead atoms. The second-order valence-corrected chi connectivity index (χ2v) is 6.46. The molecule has 3 aromatic rings. The van der Waals surface area contributed by atoms with Crippen molar-refractivity contribution in [1.82, 2.24) is 4.98 Å². The van der Waals surface area contributed by atoms with Crippen LogP contribution in [0, 0.1) is 6.92 Å². The van der Waals surface area contributed by atoms with E-state index in [2.05, 4.69) is 15.6 Å². The van der Waals surface area contributed by atoms with Gasteiger partial charge in [-0.15, -0.1) is 0 Å². The summed E-state index contributed by atoms with van der Waals surface area (Å²) in [5.74, 6) is 0.529. The van der Waals surface area contributed by atoms with E-state index in [4.69, 9.17) is 16.3 Å². The van der Waals surface area contributed by atoms with Crippen molar-refractivity contribution >= 4 is 28.9 Å². The minimum atomic E-state index is -0.289. The molecule has 0 atom stereocenters. The normalized spacial score (nSPS) is 10.3. The lowest BCUT2D eigenvalue weighted by Crippen LogP contribution is -2.14. The monoisotopic (exact) mass is 381 g/mol. The quantitative estimate of drug-likeness (QED) is 0.636. The van der Waals surface area contributed by atoms with Gasteiger partial charge in [0, 0.05) is 29.1 Å². The highest BCUT2D eigenvalue weighted by Gasteiger charge is 2.09. The first-order chi connectivity index (χ1) is 13.0. The van der Waals surface area contributed by atoms with E-state index in [-0.39, 0.29) is 5.91 Å². The fourth-order valence-electron chi connectivity index (χ4n) is 2.48. The van der Waals surface area contributed by atoms with Crippen LogP contribution in [0.25, 0.3) is 0 Å². The van der Waals surface area contributed by atoms with Crippen LogP contribution in [0.1, 0.15) is 21.6 Å². The number of anilines is 2. The number of halogens is 1. The topological polar surface area (TPSA) is 63.2 Å². The molecule has 0 aliphatic rings. The maximum absolute atomic E-state index is 12.4. The van der Waals surface area contributed by atoms with Gasteiger partial charge in [0.05, 0.1) is 7.11 Å². The standard InChI is InChI=1S/C21H20ClN3O2/c1-14-3-6-17(11-19(14)22)25-21(26)20-12-16(9-10-23-20)24-13-15-4-7-18(27-2)8-5-15/h3-12H,13H2,1-2H3,(H,23,24)(H,25,26). The number of rotatable bonds is 6. The Balaban J connectivity index is 1.65. The zero-order valence-corrected chi connectivity index (χ0v) is 15.9. The number of carbonyl (C=O) groups excluding carboxylic acids is 1. The number of hydrogen-bond acceptors (Lipinski definition) is 4. The molecule has 2 N–H and O–H groups in total. The molecule has 0 saturated heterocycles. The molecule has 3 rings (SSSR count). The minimum absolute atomic E-state index is 0.289. The van der Waals surface area contributed by atoms with Gasteiger partial charge >= 0.3 is 0 Å². The lowest BCUT2D eigenvalue weighted by molar-refractivity contribution is 0.102. The maximum atomic E-state index is 12.4. The molecule has 27 heavy (non-hydrogen) atoms. The molecule has 0 aliphatic carbocycles. The predicted octanol–water partition coefficient (Wildman–Crippen LogP) is 4.92. The second-order valence-electron chi connectivity index (χ2n) is 6.05. The lowest BCUT2D eigenvalue weighted by atomic mass is 10.2. The van der Waals surface area contributed by atoms with Gasteiger partial charge in [-0.3, -0.25) is 9.78 Å². The van der Waals surface area contributed by atoms with Crippen LogP contribution in [0.5, 0.6) is 5.75 Å². The number of benzene rings is 2. The van der Waals surface area contributed by atoms with Gasteiger partial charge in [-0.25, -0.2) is 0 Å². The Labute approximate surface area is 163 Å². The number of hydrogen-bond donors (Lipinski definition) is 2. The highest BCUT2D eigenvalue weighted by Crippen LogP contribution is 2.21. The van der Waals surface area contributed by atoms with E-state index >= 15 is 0 Å². The highest BCUT2D eigenvalue weighted by atomic mass is 35.5. The van der Waals surface area contributed by atoms with Crippen LogP contribution >= 0.6 is 11.6 Å². The summed E-state index contributed by atoms with van der Waals surface area (Å²) in [4.78, 5) is 16.6. The summed E-state index contributed by atoms with van der Waals surface area (Å²) in [6.45, 7) is 2.54. The Hall–Kier alpha value is -3.05. The summed E-state index contributed by atoms with van der Waals surface area (Å²) in [5, 5.41) is 6.71. The van der Waals surface area contributed by atoms with Crippen LogP contribution in [0.2, 0.25) is 5.02 Å². The molecular formula is C21H20ClN3O2. The molecule has 138 valence electrons. The molecule has 6 heteroatoms. The fraction of sp³-hybridized carbons (Fsp3) is 0.143. The first-order valence-corrected chi connectivity index (χ1v) is 8.83. The van der Waals surface area contributed by atoms with Crippen molar-refractivity contribution in [3.63, 3.8) is 0 Å². The van der Waals surface area contributed by atoms with Crippen LogP contribution in [0.15, 0.2) is 60.8 Å². The Morgan fingerprint density at radius 1 is 1.07 bits per heavy atom. The summed E-state index contributed by atoms with van der Waals surface area (Å²) >= 11 is 6.10. The van der Waals surface area contributed by atoms with Gasteiger partial charge in [-0.05, 0) is 54.4 Å². The summed E-state index contributed by atoms with van der Waals surface area (Å²) < 4.78 is 5.16. The van der Waals surface area contributed by atoms with Crippen LogP contribution in [-0.2, 0) is 6.54 Å². The van der Waals surface area contributed by atoms with Crippen LogP contribution < -0.4 is 15.4 Å². The molecule has 0 saturated carbocycles. The number of nitrogens with one attached hydrogen (secondary N) is 2. The van der Waals surface area contributed by atoms with Crippen molar-refractivity contribution in [3.05, 3.63) is 82.6 Å². The molecule has 5 nitrogen and oxygen atoms in total. The third-order valence-corrected chi connectivity index (χ3v) is 4.49. The molecule has 1 amide bonds. The summed E-state index contributed by atoms with van der Waals surface area (Å²) in [7, 11) is 1.64. The van der Waals surface area contributed by atoms with Gasteiger partial charge in [0.1, 0.15) is 11.4 Å². The average molecular weight is 382 g/mol. The van der Waals surface area contributed by atoms with E-state index in [1.165, 1.54) is 0 Å². The Kier molecular flexibility index (Phi) is 5.94. The van der Waals surface area contributed by atoms with Gasteiger partial charge in [-0.2, -0.15) is 0 Å². The smallest absolute Gasteiger partial charge is 0.274 e. The van der Waals surface area contributed by atoms with Crippen molar-refractivity contribution < 1.29 is 9.53 Å². The predicted molar refractivity (Wildman–Crippen MR) is 109 cm³/mol. The van der Waals surface area contributed by atoms with E-state index in [1.807, 2.05) is 49.4 Å². The number of amides is 1. The number of ether oxygens (including phenoxy) is 1. The number of pyridine rings is 1. The summed E-state index contributed by atoms with van der Waals surface area (Å²) in [6, 6.07) is 16.7. The number of methoxy groups -OCH3 is 1. The highest BCUT2D eigenvalue weighted by molar-refractivity contribution is 6.31. The molecule has 0 radical (unpaired) electrons. The molecular weight excluding hydrogens is 362 g/mol. The van der Waals surface area contributed by atoms with Crippen molar-refractivity contribution in [2.24, 2.45) is 0 Å².